The standard InChI is InChI=1S/C22H22N4O2S2/c1-14-10-12-30-21(14)20-19(17-5-3-4-11-23-17)25-22(29)26(20)16-8-6-15(7-9-16)24-18(27)13-28-2/h3-12,19-20H,13H2,1-2H3,(H,24,27)(H,25,29)/t19-,20+/m1/s1. The van der Waals surface area contributed by atoms with Gasteiger partial charge in [-0.15, -0.1) is 11.3 Å². The molecule has 4 rings (SSSR count). The highest BCUT2D eigenvalue weighted by molar-refractivity contribution is 7.80. The Labute approximate surface area is 184 Å². The number of carbonyl (C=O) groups excluding carboxylic acids is 1. The van der Waals surface area contributed by atoms with E-state index in [0.717, 1.165) is 11.4 Å². The van der Waals surface area contributed by atoms with Gasteiger partial charge in [0, 0.05) is 29.6 Å². The molecule has 154 valence electrons. The van der Waals surface area contributed by atoms with Crippen LogP contribution < -0.4 is 15.5 Å². The Kier molecular flexibility index (Phi) is 6.08. The molecule has 8 heteroatoms. The Morgan fingerprint density at radius 2 is 2.07 bits per heavy atom. The highest BCUT2D eigenvalue weighted by Gasteiger charge is 2.41. The monoisotopic (exact) mass is 438 g/mol. The molecule has 0 aliphatic carbocycles. The molecule has 1 saturated heterocycles. The van der Waals surface area contributed by atoms with Crippen molar-refractivity contribution in [1.82, 2.24) is 10.3 Å². The fraction of sp³-hybridized carbons (Fsp3) is 0.227. The molecule has 0 unspecified atom stereocenters. The van der Waals surface area contributed by atoms with E-state index in [9.17, 15) is 4.79 Å². The van der Waals surface area contributed by atoms with Gasteiger partial charge in [-0.05, 0) is 72.5 Å². The van der Waals surface area contributed by atoms with Gasteiger partial charge in [0.25, 0.3) is 0 Å². The van der Waals surface area contributed by atoms with E-state index in [0.29, 0.717) is 10.8 Å². The lowest BCUT2D eigenvalue weighted by Crippen LogP contribution is -2.29. The Morgan fingerprint density at radius 3 is 2.70 bits per heavy atom. The van der Waals surface area contributed by atoms with Gasteiger partial charge in [0.05, 0.1) is 17.8 Å². The second kappa shape index (κ2) is 8.91. The number of aryl methyl sites for hydroxylation is 1. The van der Waals surface area contributed by atoms with Gasteiger partial charge in [0.2, 0.25) is 5.91 Å². The zero-order chi connectivity index (χ0) is 21.1. The van der Waals surface area contributed by atoms with Crippen molar-refractivity contribution in [2.45, 2.75) is 19.0 Å². The summed E-state index contributed by atoms with van der Waals surface area (Å²) in [7, 11) is 1.49. The van der Waals surface area contributed by atoms with Crippen LogP contribution >= 0.6 is 23.6 Å². The van der Waals surface area contributed by atoms with Crippen LogP contribution in [0.5, 0.6) is 0 Å². The molecule has 1 aliphatic rings. The molecule has 0 saturated carbocycles. The second-order valence-electron chi connectivity index (χ2n) is 6.99. The summed E-state index contributed by atoms with van der Waals surface area (Å²) in [4.78, 5) is 19.7. The SMILES string of the molecule is COCC(=O)Nc1ccc(N2C(=S)N[C@H](c3ccccn3)[C@H]2c2sccc2C)cc1. The third kappa shape index (κ3) is 4.07. The van der Waals surface area contributed by atoms with Crippen LogP contribution in [-0.2, 0) is 9.53 Å². The maximum atomic E-state index is 11.8. The fourth-order valence-corrected chi connectivity index (χ4v) is 5.02. The first-order chi connectivity index (χ1) is 14.6. The Balaban J connectivity index is 1.68. The summed E-state index contributed by atoms with van der Waals surface area (Å²) in [6, 6.07) is 15.7. The number of nitrogens with one attached hydrogen (secondary N) is 2. The first kappa shape index (κ1) is 20.5. The van der Waals surface area contributed by atoms with Crippen molar-refractivity contribution in [2.75, 3.05) is 23.9 Å². The molecule has 0 bridgehead atoms. The molecule has 3 heterocycles. The first-order valence-electron chi connectivity index (χ1n) is 9.52. The molecular formula is C22H22N4O2S2. The molecule has 0 radical (unpaired) electrons. The minimum absolute atomic E-state index is 0.0127. The van der Waals surface area contributed by atoms with E-state index in [-0.39, 0.29) is 24.6 Å². The van der Waals surface area contributed by atoms with Gasteiger partial charge in [0.1, 0.15) is 6.61 Å². The lowest BCUT2D eigenvalue weighted by molar-refractivity contribution is -0.119. The second-order valence-corrected chi connectivity index (χ2v) is 8.33. The maximum absolute atomic E-state index is 11.8. The Morgan fingerprint density at radius 1 is 1.27 bits per heavy atom. The highest BCUT2D eigenvalue weighted by Crippen LogP contribution is 2.44. The molecule has 30 heavy (non-hydrogen) atoms. The molecule has 1 aliphatic heterocycles. The predicted molar refractivity (Wildman–Crippen MR) is 124 cm³/mol. The minimum atomic E-state index is -0.189. The topological polar surface area (TPSA) is 66.5 Å². The number of benzene rings is 1. The number of hydrogen-bond donors (Lipinski definition) is 2. The number of carbonyl (C=O) groups is 1. The van der Waals surface area contributed by atoms with Crippen LogP contribution in [0.2, 0.25) is 0 Å². The number of aromatic nitrogens is 1. The summed E-state index contributed by atoms with van der Waals surface area (Å²) in [6.07, 6.45) is 1.80. The minimum Gasteiger partial charge on any atom is -0.375 e. The number of ether oxygens (including phenoxy) is 1. The quantitative estimate of drug-likeness (QED) is 0.562. The summed E-state index contributed by atoms with van der Waals surface area (Å²) in [5, 5.41) is 9.04. The van der Waals surface area contributed by atoms with Crippen molar-refractivity contribution in [1.29, 1.82) is 0 Å². The molecule has 0 spiro atoms. The Hall–Kier alpha value is -2.81. The number of methoxy groups -OCH3 is 1. The summed E-state index contributed by atoms with van der Waals surface area (Å²) in [5.74, 6) is -0.189. The zero-order valence-corrected chi connectivity index (χ0v) is 18.3. The Bertz CT molecular complexity index is 1040. The number of pyridine rings is 1. The average molecular weight is 439 g/mol. The number of rotatable bonds is 6. The van der Waals surface area contributed by atoms with E-state index >= 15 is 0 Å². The van der Waals surface area contributed by atoms with E-state index in [1.807, 2.05) is 42.5 Å². The van der Waals surface area contributed by atoms with Crippen molar-refractivity contribution in [3.63, 3.8) is 0 Å². The van der Waals surface area contributed by atoms with Crippen LogP contribution in [0.25, 0.3) is 0 Å². The van der Waals surface area contributed by atoms with Crippen LogP contribution in [0.3, 0.4) is 0 Å². The van der Waals surface area contributed by atoms with Gasteiger partial charge in [-0.25, -0.2) is 0 Å². The van der Waals surface area contributed by atoms with Gasteiger partial charge in [-0.1, -0.05) is 6.07 Å². The summed E-state index contributed by atoms with van der Waals surface area (Å²) in [6.45, 7) is 2.14. The van der Waals surface area contributed by atoms with E-state index in [1.54, 1.807) is 17.5 Å². The molecule has 2 atom stereocenters. The van der Waals surface area contributed by atoms with E-state index in [4.69, 9.17) is 17.0 Å². The highest BCUT2D eigenvalue weighted by atomic mass is 32.1. The summed E-state index contributed by atoms with van der Waals surface area (Å²) >= 11 is 7.46. The number of anilines is 2. The van der Waals surface area contributed by atoms with Gasteiger partial charge < -0.3 is 20.3 Å². The summed E-state index contributed by atoms with van der Waals surface area (Å²) < 4.78 is 4.86. The van der Waals surface area contributed by atoms with Crippen molar-refractivity contribution in [3.8, 4) is 0 Å². The number of hydrogen-bond acceptors (Lipinski definition) is 5. The number of nitrogens with zero attached hydrogens (tertiary/aromatic N) is 2. The van der Waals surface area contributed by atoms with Crippen LogP contribution in [0.1, 0.15) is 28.2 Å². The van der Waals surface area contributed by atoms with Gasteiger partial charge in [0.15, 0.2) is 5.11 Å². The van der Waals surface area contributed by atoms with Crippen LogP contribution in [0.4, 0.5) is 11.4 Å². The van der Waals surface area contributed by atoms with Crippen LogP contribution in [0, 0.1) is 6.92 Å². The molecule has 1 fully saturated rings. The number of thiophene rings is 1. The lowest BCUT2D eigenvalue weighted by Gasteiger charge is -2.27. The van der Waals surface area contributed by atoms with Crippen LogP contribution in [-0.4, -0.2) is 29.7 Å². The molecule has 3 aromatic rings. The molecular weight excluding hydrogens is 416 g/mol. The predicted octanol–water partition coefficient (Wildman–Crippen LogP) is 4.21. The molecule has 1 aromatic carbocycles. The number of thiocarbonyl (C=S) groups is 1. The normalized spacial score (nSPS) is 18.3. The molecule has 2 N–H and O–H groups in total. The largest absolute Gasteiger partial charge is 0.375 e. The van der Waals surface area contributed by atoms with Crippen molar-refractivity contribution in [3.05, 3.63) is 76.2 Å². The van der Waals surface area contributed by atoms with Gasteiger partial charge in [-0.2, -0.15) is 0 Å². The van der Waals surface area contributed by atoms with E-state index in [1.165, 1.54) is 17.6 Å². The average Bonchev–Trinajstić information content (AvgIpc) is 3.32. The van der Waals surface area contributed by atoms with E-state index < -0.39 is 0 Å². The van der Waals surface area contributed by atoms with Gasteiger partial charge >= 0.3 is 0 Å². The summed E-state index contributed by atoms with van der Waals surface area (Å²) in [5.41, 5.74) is 3.84. The zero-order valence-electron chi connectivity index (χ0n) is 16.7. The molecule has 6 nitrogen and oxygen atoms in total. The maximum Gasteiger partial charge on any atom is 0.250 e. The van der Waals surface area contributed by atoms with Gasteiger partial charge in [-0.3, -0.25) is 9.78 Å². The van der Waals surface area contributed by atoms with E-state index in [2.05, 4.69) is 38.9 Å². The first-order valence-corrected chi connectivity index (χ1v) is 10.8. The third-order valence-corrected chi connectivity index (χ3v) is 6.38. The number of amides is 1. The smallest absolute Gasteiger partial charge is 0.250 e. The van der Waals surface area contributed by atoms with Crippen LogP contribution in [0.15, 0.2) is 60.1 Å². The molecule has 2 aromatic heterocycles. The lowest BCUT2D eigenvalue weighted by atomic mass is 10.0. The third-order valence-electron chi connectivity index (χ3n) is 4.97. The van der Waals surface area contributed by atoms with Crippen molar-refractivity contribution in [2.24, 2.45) is 0 Å². The molecule has 1 amide bonds. The van der Waals surface area contributed by atoms with Crippen molar-refractivity contribution < 1.29 is 9.53 Å². The fourth-order valence-electron chi connectivity index (χ4n) is 3.62. The van der Waals surface area contributed by atoms with Crippen molar-refractivity contribution >= 4 is 45.9 Å².